The molecule has 0 fully saturated rings. The monoisotopic (exact) mass is 393 g/mol. The number of aromatic carboxylic acids is 1. The average molecular weight is 394 g/mol. The summed E-state index contributed by atoms with van der Waals surface area (Å²) in [5.74, 6) is -1.18. The first-order valence-electron chi connectivity index (χ1n) is 6.67. The van der Waals surface area contributed by atoms with Crippen molar-refractivity contribution in [3.8, 4) is 0 Å². The minimum absolute atomic E-state index is 0.0658. The maximum Gasteiger partial charge on any atom is 0.337 e. The number of rotatable bonds is 3. The van der Waals surface area contributed by atoms with Crippen molar-refractivity contribution in [3.05, 3.63) is 64.3 Å². The van der Waals surface area contributed by atoms with Crippen molar-refractivity contribution in [1.82, 2.24) is 3.97 Å². The van der Waals surface area contributed by atoms with Gasteiger partial charge in [0, 0.05) is 16.1 Å². The van der Waals surface area contributed by atoms with Crippen molar-refractivity contribution >= 4 is 42.8 Å². The number of halogens is 1. The normalized spacial score (nSPS) is 11.7. The van der Waals surface area contributed by atoms with E-state index in [4.69, 9.17) is 0 Å². The minimum Gasteiger partial charge on any atom is -0.478 e. The van der Waals surface area contributed by atoms with Gasteiger partial charge in [-0.1, -0.05) is 33.6 Å². The van der Waals surface area contributed by atoms with E-state index in [1.54, 1.807) is 24.3 Å². The molecule has 3 aromatic rings. The Balaban J connectivity index is 2.34. The van der Waals surface area contributed by atoms with Crippen molar-refractivity contribution < 1.29 is 18.3 Å². The molecule has 1 aromatic heterocycles. The summed E-state index contributed by atoms with van der Waals surface area (Å²) in [4.78, 5) is 11.6. The van der Waals surface area contributed by atoms with Gasteiger partial charge in [0.15, 0.2) is 0 Å². The molecule has 0 saturated heterocycles. The first kappa shape index (κ1) is 15.8. The molecule has 23 heavy (non-hydrogen) atoms. The summed E-state index contributed by atoms with van der Waals surface area (Å²) < 4.78 is 27.4. The molecule has 2 aromatic carbocycles. The van der Waals surface area contributed by atoms with Crippen LogP contribution in [0.2, 0.25) is 0 Å². The summed E-state index contributed by atoms with van der Waals surface area (Å²) in [7, 11) is -3.88. The fourth-order valence-electron chi connectivity index (χ4n) is 2.39. The van der Waals surface area contributed by atoms with E-state index in [-0.39, 0.29) is 16.0 Å². The van der Waals surface area contributed by atoms with Gasteiger partial charge < -0.3 is 5.11 Å². The number of aromatic nitrogens is 1. The molecule has 0 radical (unpaired) electrons. The molecule has 0 spiro atoms. The van der Waals surface area contributed by atoms with E-state index in [1.165, 1.54) is 24.4 Å². The smallest absolute Gasteiger partial charge is 0.337 e. The van der Waals surface area contributed by atoms with Gasteiger partial charge in [0.2, 0.25) is 0 Å². The second-order valence-corrected chi connectivity index (χ2v) is 7.76. The number of aryl methyl sites for hydroxylation is 1. The van der Waals surface area contributed by atoms with E-state index in [0.717, 1.165) is 9.54 Å². The van der Waals surface area contributed by atoms with Gasteiger partial charge in [0.05, 0.1) is 16.0 Å². The highest BCUT2D eigenvalue weighted by Crippen LogP contribution is 2.30. The molecule has 3 rings (SSSR count). The van der Waals surface area contributed by atoms with Crippen LogP contribution in [0.4, 0.5) is 0 Å². The predicted molar refractivity (Wildman–Crippen MR) is 90.4 cm³/mol. The molecule has 0 unspecified atom stereocenters. The largest absolute Gasteiger partial charge is 0.478 e. The summed E-state index contributed by atoms with van der Waals surface area (Å²) in [6, 6.07) is 11.0. The molecule has 7 heteroatoms. The Morgan fingerprint density at radius 2 is 1.74 bits per heavy atom. The Hall–Kier alpha value is -2.12. The van der Waals surface area contributed by atoms with Crippen LogP contribution in [0.15, 0.2) is 58.0 Å². The number of carbonyl (C=O) groups is 1. The van der Waals surface area contributed by atoms with E-state index < -0.39 is 16.0 Å². The summed E-state index contributed by atoms with van der Waals surface area (Å²) in [6.07, 6.45) is 1.37. The summed E-state index contributed by atoms with van der Waals surface area (Å²) in [6.45, 7) is 1.86. The highest BCUT2D eigenvalue weighted by Gasteiger charge is 2.23. The zero-order valence-corrected chi connectivity index (χ0v) is 14.4. The molecule has 0 atom stereocenters. The second kappa shape index (κ2) is 5.50. The Labute approximate surface area is 141 Å². The first-order valence-corrected chi connectivity index (χ1v) is 8.91. The van der Waals surface area contributed by atoms with Gasteiger partial charge in [-0.15, -0.1) is 0 Å². The zero-order valence-electron chi connectivity index (χ0n) is 12.0. The summed E-state index contributed by atoms with van der Waals surface area (Å²) in [5, 5.41) is 9.89. The third kappa shape index (κ3) is 2.55. The molecule has 0 aliphatic rings. The molecule has 1 N–H and O–H groups in total. The molecule has 0 aliphatic carbocycles. The van der Waals surface area contributed by atoms with E-state index in [1.807, 2.05) is 6.92 Å². The number of nitrogens with zero attached hydrogens (tertiary/aromatic N) is 1. The van der Waals surface area contributed by atoms with Crippen LogP contribution < -0.4 is 0 Å². The molecule has 0 saturated carbocycles. The van der Waals surface area contributed by atoms with Gasteiger partial charge in [0.25, 0.3) is 10.0 Å². The van der Waals surface area contributed by atoms with Crippen LogP contribution in [0.25, 0.3) is 10.9 Å². The van der Waals surface area contributed by atoms with E-state index >= 15 is 0 Å². The maximum atomic E-state index is 12.9. The van der Waals surface area contributed by atoms with E-state index in [2.05, 4.69) is 15.9 Å². The van der Waals surface area contributed by atoms with E-state index in [0.29, 0.717) is 9.86 Å². The number of hydrogen-bond acceptors (Lipinski definition) is 3. The Morgan fingerprint density at radius 1 is 1.09 bits per heavy atom. The number of fused-ring (bicyclic) bond motifs is 1. The highest BCUT2D eigenvalue weighted by molar-refractivity contribution is 9.10. The maximum absolute atomic E-state index is 12.9. The number of carboxylic acid groups (broad SMARTS) is 1. The van der Waals surface area contributed by atoms with Crippen LogP contribution in [0, 0.1) is 6.92 Å². The third-order valence-corrected chi connectivity index (χ3v) is 5.95. The lowest BCUT2D eigenvalue weighted by Gasteiger charge is -2.10. The van der Waals surface area contributed by atoms with Gasteiger partial charge in [-0.2, -0.15) is 0 Å². The highest BCUT2D eigenvalue weighted by atomic mass is 79.9. The predicted octanol–water partition coefficient (Wildman–Crippen LogP) is 3.65. The van der Waals surface area contributed by atoms with Crippen molar-refractivity contribution in [2.24, 2.45) is 0 Å². The molecule has 0 aliphatic heterocycles. The first-order chi connectivity index (χ1) is 10.8. The van der Waals surface area contributed by atoms with Gasteiger partial charge in [-0.25, -0.2) is 17.2 Å². The Morgan fingerprint density at radius 3 is 2.35 bits per heavy atom. The van der Waals surface area contributed by atoms with E-state index in [9.17, 15) is 18.3 Å². The van der Waals surface area contributed by atoms with Gasteiger partial charge >= 0.3 is 5.97 Å². The quantitative estimate of drug-likeness (QED) is 0.736. The van der Waals surface area contributed by atoms with Crippen LogP contribution in [-0.4, -0.2) is 23.5 Å². The number of benzene rings is 2. The Bertz CT molecular complexity index is 1020. The summed E-state index contributed by atoms with van der Waals surface area (Å²) >= 11 is 3.32. The number of hydrogen-bond donors (Lipinski definition) is 1. The lowest BCUT2D eigenvalue weighted by Crippen LogP contribution is -2.13. The molecule has 118 valence electrons. The van der Waals surface area contributed by atoms with Gasteiger partial charge in [0.1, 0.15) is 0 Å². The lowest BCUT2D eigenvalue weighted by atomic mass is 10.1. The average Bonchev–Trinajstić information content (AvgIpc) is 2.94. The summed E-state index contributed by atoms with van der Waals surface area (Å²) in [5.41, 5.74) is 1.02. The van der Waals surface area contributed by atoms with Gasteiger partial charge in [-0.3, -0.25) is 0 Å². The van der Waals surface area contributed by atoms with Crippen molar-refractivity contribution in [1.29, 1.82) is 0 Å². The fraction of sp³-hybridized carbons (Fsp3) is 0.0625. The molecule has 0 bridgehead atoms. The molecule has 0 amide bonds. The second-order valence-electron chi connectivity index (χ2n) is 5.09. The molecular formula is C16H12BrNO4S. The molecular weight excluding hydrogens is 382 g/mol. The van der Waals surface area contributed by atoms with Gasteiger partial charge in [-0.05, 0) is 37.3 Å². The molecule has 1 heterocycles. The van der Waals surface area contributed by atoms with Crippen LogP contribution in [0.5, 0.6) is 0 Å². The fourth-order valence-corrected chi connectivity index (χ4v) is 4.21. The lowest BCUT2D eigenvalue weighted by molar-refractivity contribution is 0.0699. The minimum atomic E-state index is -3.88. The van der Waals surface area contributed by atoms with Crippen molar-refractivity contribution in [2.75, 3.05) is 0 Å². The zero-order chi connectivity index (χ0) is 16.8. The number of carboxylic acids is 1. The SMILES string of the molecule is Cc1ccc(S(=O)(=O)n2ccc3c(Br)ccc(C(=O)O)c32)cc1. The molecule has 5 nitrogen and oxygen atoms in total. The topological polar surface area (TPSA) is 76.4 Å². The van der Waals surface area contributed by atoms with Crippen LogP contribution in [-0.2, 0) is 10.0 Å². The third-order valence-electron chi connectivity index (χ3n) is 3.57. The van der Waals surface area contributed by atoms with Crippen molar-refractivity contribution in [3.63, 3.8) is 0 Å². The van der Waals surface area contributed by atoms with Crippen LogP contribution in [0.3, 0.4) is 0 Å². The van der Waals surface area contributed by atoms with Crippen LogP contribution >= 0.6 is 15.9 Å². The van der Waals surface area contributed by atoms with Crippen LogP contribution in [0.1, 0.15) is 15.9 Å². The standard InChI is InChI=1S/C16H12BrNO4S/c1-10-2-4-11(5-3-10)23(21,22)18-9-8-12-14(17)7-6-13(15(12)18)16(19)20/h2-9H,1H3,(H,19,20). The van der Waals surface area contributed by atoms with Crippen molar-refractivity contribution in [2.45, 2.75) is 11.8 Å². The Kier molecular flexibility index (Phi) is 3.77.